The standard InChI is InChI=1S/C28H29F2N7O3S/c1-41-25-10-18(20-12-32-37(13-20)22-6-8-35(9-7-22)23-15-39-16-23)3-5-24(25)36(17-38)14-21-4-2-19(11-31-21)27-33-34-28(40-27)26(29)30/h2-5,10-13,17,22-23,26H,6-9,14-16H2,1H3. The Morgan fingerprint density at radius 1 is 1.07 bits per heavy atom. The van der Waals surface area contributed by atoms with E-state index < -0.39 is 12.3 Å². The number of likely N-dealkylation sites (tertiary alicyclic amines) is 1. The van der Waals surface area contributed by atoms with Gasteiger partial charge in [-0.25, -0.2) is 0 Å². The maximum Gasteiger partial charge on any atom is 0.314 e. The van der Waals surface area contributed by atoms with Crippen LogP contribution >= 0.6 is 11.8 Å². The van der Waals surface area contributed by atoms with E-state index in [2.05, 4.69) is 42.1 Å². The number of carbonyl (C=O) groups is 1. The molecule has 0 bridgehead atoms. The van der Waals surface area contributed by atoms with Gasteiger partial charge in [-0.2, -0.15) is 13.9 Å². The topological polar surface area (TPSA) is 102 Å². The van der Waals surface area contributed by atoms with Gasteiger partial charge in [0.05, 0.1) is 55.0 Å². The van der Waals surface area contributed by atoms with E-state index in [0.29, 0.717) is 23.3 Å². The number of amides is 1. The molecule has 2 fully saturated rings. The van der Waals surface area contributed by atoms with Gasteiger partial charge in [-0.15, -0.1) is 22.0 Å². The van der Waals surface area contributed by atoms with Crippen LogP contribution in [0, 0.1) is 0 Å². The molecule has 41 heavy (non-hydrogen) atoms. The predicted octanol–water partition coefficient (Wildman–Crippen LogP) is 4.85. The lowest BCUT2D eigenvalue weighted by Crippen LogP contribution is -2.51. The summed E-state index contributed by atoms with van der Waals surface area (Å²) in [7, 11) is 0. The lowest BCUT2D eigenvalue weighted by molar-refractivity contribution is -0.107. The van der Waals surface area contributed by atoms with Crippen molar-refractivity contribution in [3.8, 4) is 22.6 Å². The van der Waals surface area contributed by atoms with Crippen LogP contribution in [0.1, 0.15) is 36.9 Å². The molecule has 0 aliphatic carbocycles. The van der Waals surface area contributed by atoms with Crippen LogP contribution in [0.25, 0.3) is 22.6 Å². The second-order valence-electron chi connectivity index (χ2n) is 10.1. The smallest absolute Gasteiger partial charge is 0.314 e. The minimum Gasteiger partial charge on any atom is -0.415 e. The van der Waals surface area contributed by atoms with Gasteiger partial charge in [0.1, 0.15) is 0 Å². The number of alkyl halides is 2. The molecule has 214 valence electrons. The van der Waals surface area contributed by atoms with Crippen LogP contribution in [-0.2, 0) is 16.1 Å². The largest absolute Gasteiger partial charge is 0.415 e. The summed E-state index contributed by atoms with van der Waals surface area (Å²) in [6.45, 7) is 4.06. The number of benzene rings is 1. The predicted molar refractivity (Wildman–Crippen MR) is 149 cm³/mol. The maximum absolute atomic E-state index is 12.8. The van der Waals surface area contributed by atoms with Crippen molar-refractivity contribution in [2.24, 2.45) is 0 Å². The van der Waals surface area contributed by atoms with E-state index in [1.165, 1.54) is 6.20 Å². The van der Waals surface area contributed by atoms with Crippen molar-refractivity contribution in [1.82, 2.24) is 29.9 Å². The van der Waals surface area contributed by atoms with Gasteiger partial charge in [0.15, 0.2) is 0 Å². The molecule has 0 unspecified atom stereocenters. The third-order valence-corrected chi connectivity index (χ3v) is 8.36. The van der Waals surface area contributed by atoms with Gasteiger partial charge in [0, 0.05) is 35.9 Å². The highest BCUT2D eigenvalue weighted by Gasteiger charge is 2.30. The molecule has 1 aromatic carbocycles. The molecule has 2 saturated heterocycles. The minimum atomic E-state index is -2.84. The number of nitrogens with zero attached hydrogens (tertiary/aromatic N) is 7. The molecule has 10 nitrogen and oxygen atoms in total. The number of piperidine rings is 1. The summed E-state index contributed by atoms with van der Waals surface area (Å²) >= 11 is 1.56. The van der Waals surface area contributed by atoms with Crippen LogP contribution in [0.4, 0.5) is 14.5 Å². The zero-order chi connectivity index (χ0) is 28.3. The Bertz CT molecular complexity index is 1480. The van der Waals surface area contributed by atoms with E-state index in [-0.39, 0.29) is 12.4 Å². The number of halogens is 2. The molecule has 6 rings (SSSR count). The molecule has 2 aliphatic rings. The van der Waals surface area contributed by atoms with Gasteiger partial charge >= 0.3 is 6.43 Å². The highest BCUT2D eigenvalue weighted by molar-refractivity contribution is 7.98. The Hall–Kier alpha value is -3.68. The van der Waals surface area contributed by atoms with E-state index in [0.717, 1.165) is 67.3 Å². The van der Waals surface area contributed by atoms with Crippen LogP contribution in [-0.4, -0.2) is 74.9 Å². The van der Waals surface area contributed by atoms with Crippen molar-refractivity contribution in [3.05, 3.63) is 60.5 Å². The second kappa shape index (κ2) is 12.0. The molecule has 0 spiro atoms. The monoisotopic (exact) mass is 581 g/mol. The van der Waals surface area contributed by atoms with Gasteiger partial charge in [-0.05, 0) is 48.9 Å². The summed E-state index contributed by atoms with van der Waals surface area (Å²) in [4.78, 5) is 21.5. The number of hydrogen-bond acceptors (Lipinski definition) is 9. The molecule has 0 radical (unpaired) electrons. The van der Waals surface area contributed by atoms with Gasteiger partial charge in [-0.3, -0.25) is 19.4 Å². The highest BCUT2D eigenvalue weighted by atomic mass is 32.2. The Morgan fingerprint density at radius 2 is 1.88 bits per heavy atom. The number of carbonyl (C=O) groups excluding carboxylic acids is 1. The fourth-order valence-electron chi connectivity index (χ4n) is 5.17. The highest BCUT2D eigenvalue weighted by Crippen LogP contribution is 2.34. The van der Waals surface area contributed by atoms with Crippen LogP contribution in [0.15, 0.2) is 58.2 Å². The van der Waals surface area contributed by atoms with Crippen LogP contribution in [0.3, 0.4) is 0 Å². The van der Waals surface area contributed by atoms with Crippen molar-refractivity contribution in [2.75, 3.05) is 37.5 Å². The van der Waals surface area contributed by atoms with E-state index in [9.17, 15) is 13.6 Å². The molecule has 1 amide bonds. The molecule has 13 heteroatoms. The van der Waals surface area contributed by atoms with Gasteiger partial charge < -0.3 is 14.1 Å². The molecular formula is C28H29F2N7O3S. The van der Waals surface area contributed by atoms with Crippen molar-refractivity contribution >= 4 is 23.9 Å². The quantitative estimate of drug-likeness (QED) is 0.192. The van der Waals surface area contributed by atoms with E-state index in [1.54, 1.807) is 28.8 Å². The van der Waals surface area contributed by atoms with Crippen LogP contribution in [0.5, 0.6) is 0 Å². The first-order chi connectivity index (χ1) is 20.0. The number of rotatable bonds is 10. The van der Waals surface area contributed by atoms with Crippen molar-refractivity contribution < 1.29 is 22.7 Å². The molecule has 2 aliphatic heterocycles. The summed E-state index contributed by atoms with van der Waals surface area (Å²) in [5.74, 6) is -0.776. The fraction of sp³-hybridized carbons (Fsp3) is 0.393. The Morgan fingerprint density at radius 3 is 2.51 bits per heavy atom. The molecule has 0 N–H and O–H groups in total. The second-order valence-corrected chi connectivity index (χ2v) is 10.9. The average Bonchev–Trinajstić information content (AvgIpc) is 3.67. The first-order valence-corrected chi connectivity index (χ1v) is 14.6. The number of hydrogen-bond donors (Lipinski definition) is 0. The van der Waals surface area contributed by atoms with E-state index in [4.69, 9.17) is 9.15 Å². The number of anilines is 1. The Labute approximate surface area is 239 Å². The number of thioether (sulfide) groups is 1. The van der Waals surface area contributed by atoms with Gasteiger partial charge in [0.25, 0.3) is 5.89 Å². The first-order valence-electron chi connectivity index (χ1n) is 13.4. The molecule has 0 atom stereocenters. The average molecular weight is 582 g/mol. The lowest BCUT2D eigenvalue weighted by atomic mass is 10.0. The van der Waals surface area contributed by atoms with Crippen molar-refractivity contribution in [3.63, 3.8) is 0 Å². The summed E-state index contributed by atoms with van der Waals surface area (Å²) in [6, 6.07) is 10.3. The van der Waals surface area contributed by atoms with E-state index >= 15 is 0 Å². The number of pyridine rings is 1. The lowest BCUT2D eigenvalue weighted by Gasteiger charge is -2.41. The third kappa shape index (κ3) is 5.88. The van der Waals surface area contributed by atoms with Crippen molar-refractivity contribution in [2.45, 2.75) is 42.8 Å². The Kier molecular flexibility index (Phi) is 8.08. The summed E-state index contributed by atoms with van der Waals surface area (Å²) in [5, 5.41) is 11.7. The molecule has 5 heterocycles. The molecule has 4 aromatic rings. The summed E-state index contributed by atoms with van der Waals surface area (Å²) in [6.07, 6.45) is 7.53. The minimum absolute atomic E-state index is 0.0376. The molecule has 0 saturated carbocycles. The van der Waals surface area contributed by atoms with Crippen LogP contribution < -0.4 is 4.90 Å². The normalized spacial score (nSPS) is 16.7. The van der Waals surface area contributed by atoms with Crippen LogP contribution in [0.2, 0.25) is 0 Å². The summed E-state index contributed by atoms with van der Waals surface area (Å²) in [5.41, 5.74) is 3.86. The zero-order valence-corrected chi connectivity index (χ0v) is 23.2. The number of ether oxygens (including phenoxy) is 1. The maximum atomic E-state index is 12.8. The fourth-order valence-corrected chi connectivity index (χ4v) is 5.81. The van der Waals surface area contributed by atoms with E-state index in [1.807, 2.05) is 24.6 Å². The van der Waals surface area contributed by atoms with Gasteiger partial charge in [0.2, 0.25) is 12.3 Å². The summed E-state index contributed by atoms with van der Waals surface area (Å²) < 4.78 is 37.9. The Balaban J connectivity index is 1.13. The van der Waals surface area contributed by atoms with Crippen molar-refractivity contribution in [1.29, 1.82) is 0 Å². The number of aromatic nitrogens is 5. The SMILES string of the molecule is CSc1cc(-c2cnn(C3CCN(C4COC4)CC3)c2)ccc1N(C=O)Cc1ccc(-c2nnc(C(F)F)o2)cn1. The van der Waals surface area contributed by atoms with Gasteiger partial charge in [-0.1, -0.05) is 6.07 Å². The third-order valence-electron chi connectivity index (χ3n) is 7.59. The first kappa shape index (κ1) is 27.5. The molecule has 3 aromatic heterocycles. The zero-order valence-electron chi connectivity index (χ0n) is 22.4. The molecular weight excluding hydrogens is 552 g/mol.